The van der Waals surface area contributed by atoms with E-state index in [0.29, 0.717) is 5.92 Å². The first kappa shape index (κ1) is 18.0. The van der Waals surface area contributed by atoms with Gasteiger partial charge in [0.2, 0.25) is 0 Å². The van der Waals surface area contributed by atoms with Crippen LogP contribution in [0.25, 0.3) is 0 Å². The monoisotopic (exact) mass is 291 g/mol. The van der Waals surface area contributed by atoms with Crippen LogP contribution in [0.4, 0.5) is 0 Å². The van der Waals surface area contributed by atoms with Gasteiger partial charge < -0.3 is 10.1 Å². The lowest BCUT2D eigenvalue weighted by Crippen LogP contribution is -2.16. The molecule has 0 unspecified atom stereocenters. The van der Waals surface area contributed by atoms with Gasteiger partial charge in [0.25, 0.3) is 0 Å². The normalized spacial score (nSPS) is 11.0. The van der Waals surface area contributed by atoms with Crippen molar-refractivity contribution in [3.05, 3.63) is 29.8 Å². The van der Waals surface area contributed by atoms with Crippen LogP contribution < -0.4 is 10.1 Å². The van der Waals surface area contributed by atoms with Gasteiger partial charge in [0.05, 0.1) is 6.61 Å². The molecule has 0 fully saturated rings. The van der Waals surface area contributed by atoms with E-state index in [-0.39, 0.29) is 0 Å². The van der Waals surface area contributed by atoms with Crippen LogP contribution in [-0.4, -0.2) is 19.7 Å². The number of hydrogen-bond acceptors (Lipinski definition) is 2. The van der Waals surface area contributed by atoms with E-state index in [9.17, 15) is 0 Å². The zero-order valence-corrected chi connectivity index (χ0v) is 14.2. The van der Waals surface area contributed by atoms with Crippen LogP contribution in [0.3, 0.4) is 0 Å². The molecule has 1 rings (SSSR count). The predicted molar refractivity (Wildman–Crippen MR) is 92.3 cm³/mol. The molecule has 0 spiro atoms. The largest absolute Gasteiger partial charge is 0.493 e. The highest BCUT2D eigenvalue weighted by molar-refractivity contribution is 5.35. The Hall–Kier alpha value is -1.02. The Morgan fingerprint density at radius 1 is 0.952 bits per heavy atom. The molecule has 0 radical (unpaired) electrons. The van der Waals surface area contributed by atoms with E-state index in [4.69, 9.17) is 4.74 Å². The van der Waals surface area contributed by atoms with Crippen molar-refractivity contribution in [1.29, 1.82) is 0 Å². The lowest BCUT2D eigenvalue weighted by Gasteiger charge is -2.13. The van der Waals surface area contributed by atoms with E-state index in [0.717, 1.165) is 25.3 Å². The molecule has 0 aromatic heterocycles. The number of para-hydroxylation sites is 1. The van der Waals surface area contributed by atoms with Crippen LogP contribution in [0.1, 0.15) is 70.8 Å². The van der Waals surface area contributed by atoms with Crippen LogP contribution >= 0.6 is 0 Å². The van der Waals surface area contributed by atoms with Crippen molar-refractivity contribution < 1.29 is 4.74 Å². The van der Waals surface area contributed by atoms with E-state index in [2.05, 4.69) is 50.4 Å². The molecule has 1 aromatic rings. The summed E-state index contributed by atoms with van der Waals surface area (Å²) in [7, 11) is 0. The molecule has 0 atom stereocenters. The van der Waals surface area contributed by atoms with E-state index < -0.39 is 0 Å². The maximum absolute atomic E-state index is 5.94. The van der Waals surface area contributed by atoms with Crippen molar-refractivity contribution in [2.45, 2.75) is 65.2 Å². The summed E-state index contributed by atoms with van der Waals surface area (Å²) in [5.41, 5.74) is 1.32. The SMILES string of the molecule is CCCCNCCCCCCOc1ccccc1C(C)C. The third-order valence-electron chi connectivity index (χ3n) is 3.75. The molecular formula is C19H33NO. The lowest BCUT2D eigenvalue weighted by molar-refractivity contribution is 0.300. The van der Waals surface area contributed by atoms with E-state index >= 15 is 0 Å². The molecule has 0 aliphatic heterocycles. The van der Waals surface area contributed by atoms with Crippen LogP contribution in [-0.2, 0) is 0 Å². The smallest absolute Gasteiger partial charge is 0.122 e. The maximum Gasteiger partial charge on any atom is 0.122 e. The van der Waals surface area contributed by atoms with Gasteiger partial charge in [-0.3, -0.25) is 0 Å². The van der Waals surface area contributed by atoms with Gasteiger partial charge >= 0.3 is 0 Å². The highest BCUT2D eigenvalue weighted by atomic mass is 16.5. The van der Waals surface area contributed by atoms with Crippen molar-refractivity contribution >= 4 is 0 Å². The van der Waals surface area contributed by atoms with Gasteiger partial charge in [-0.1, -0.05) is 58.2 Å². The second kappa shape index (κ2) is 11.6. The van der Waals surface area contributed by atoms with Crippen molar-refractivity contribution in [3.63, 3.8) is 0 Å². The number of unbranched alkanes of at least 4 members (excludes halogenated alkanes) is 4. The second-order valence-corrected chi connectivity index (χ2v) is 6.06. The summed E-state index contributed by atoms with van der Waals surface area (Å²) in [6, 6.07) is 8.41. The number of ether oxygens (including phenoxy) is 1. The van der Waals surface area contributed by atoms with Crippen LogP contribution in [0.5, 0.6) is 5.75 Å². The fourth-order valence-corrected chi connectivity index (χ4v) is 2.40. The fourth-order valence-electron chi connectivity index (χ4n) is 2.40. The molecule has 0 bridgehead atoms. The minimum atomic E-state index is 0.524. The third-order valence-corrected chi connectivity index (χ3v) is 3.75. The Bertz CT molecular complexity index is 362. The van der Waals surface area contributed by atoms with Crippen molar-refractivity contribution in [3.8, 4) is 5.75 Å². The Balaban J connectivity index is 2.04. The first-order valence-electron chi connectivity index (χ1n) is 8.68. The Kier molecular flexibility index (Phi) is 9.98. The standard InChI is InChI=1S/C19H33NO/c1-4-5-14-20-15-10-6-7-11-16-21-19-13-9-8-12-18(19)17(2)3/h8-9,12-13,17,20H,4-7,10-11,14-16H2,1-3H3. The number of hydrogen-bond donors (Lipinski definition) is 1. The minimum absolute atomic E-state index is 0.524. The molecule has 2 heteroatoms. The van der Waals surface area contributed by atoms with Gasteiger partial charge in [-0.15, -0.1) is 0 Å². The molecule has 0 amide bonds. The van der Waals surface area contributed by atoms with Gasteiger partial charge in [0, 0.05) is 0 Å². The van der Waals surface area contributed by atoms with Crippen molar-refractivity contribution in [2.75, 3.05) is 19.7 Å². The summed E-state index contributed by atoms with van der Waals surface area (Å²) in [5, 5.41) is 3.49. The van der Waals surface area contributed by atoms with E-state index in [1.807, 2.05) is 0 Å². The first-order chi connectivity index (χ1) is 10.3. The minimum Gasteiger partial charge on any atom is -0.493 e. The van der Waals surface area contributed by atoms with Crippen LogP contribution in [0.2, 0.25) is 0 Å². The van der Waals surface area contributed by atoms with Crippen LogP contribution in [0, 0.1) is 0 Å². The summed E-state index contributed by atoms with van der Waals surface area (Å²) in [6.45, 7) is 9.84. The van der Waals surface area contributed by atoms with Crippen molar-refractivity contribution in [2.24, 2.45) is 0 Å². The maximum atomic E-state index is 5.94. The summed E-state index contributed by atoms with van der Waals surface area (Å²) in [4.78, 5) is 0. The first-order valence-corrected chi connectivity index (χ1v) is 8.68. The zero-order valence-electron chi connectivity index (χ0n) is 14.2. The number of nitrogens with one attached hydrogen (secondary N) is 1. The number of benzene rings is 1. The van der Waals surface area contributed by atoms with Gasteiger partial charge in [-0.25, -0.2) is 0 Å². The Morgan fingerprint density at radius 2 is 1.67 bits per heavy atom. The summed E-state index contributed by atoms with van der Waals surface area (Å²) in [5.74, 6) is 1.59. The molecule has 21 heavy (non-hydrogen) atoms. The molecule has 1 N–H and O–H groups in total. The third kappa shape index (κ3) is 8.11. The highest BCUT2D eigenvalue weighted by Crippen LogP contribution is 2.25. The molecular weight excluding hydrogens is 258 g/mol. The summed E-state index contributed by atoms with van der Waals surface area (Å²) >= 11 is 0. The van der Waals surface area contributed by atoms with Gasteiger partial charge in [-0.05, 0) is 49.9 Å². The Labute approximate surface area is 131 Å². The van der Waals surface area contributed by atoms with Gasteiger partial charge in [0.1, 0.15) is 5.75 Å². The lowest BCUT2D eigenvalue weighted by atomic mass is 10.0. The highest BCUT2D eigenvalue weighted by Gasteiger charge is 2.06. The molecule has 0 aliphatic rings. The quantitative estimate of drug-likeness (QED) is 0.538. The molecule has 0 aliphatic carbocycles. The number of rotatable bonds is 12. The summed E-state index contributed by atoms with van der Waals surface area (Å²) in [6.07, 6.45) is 7.58. The predicted octanol–water partition coefficient (Wildman–Crippen LogP) is 5.14. The molecule has 0 heterocycles. The molecule has 1 aromatic carbocycles. The van der Waals surface area contributed by atoms with E-state index in [1.54, 1.807) is 0 Å². The van der Waals surface area contributed by atoms with Gasteiger partial charge in [-0.2, -0.15) is 0 Å². The zero-order chi connectivity index (χ0) is 15.3. The fraction of sp³-hybridized carbons (Fsp3) is 0.684. The molecule has 0 saturated heterocycles. The average molecular weight is 291 g/mol. The van der Waals surface area contributed by atoms with E-state index in [1.165, 1.54) is 44.2 Å². The molecule has 120 valence electrons. The van der Waals surface area contributed by atoms with Gasteiger partial charge in [0.15, 0.2) is 0 Å². The average Bonchev–Trinajstić information content (AvgIpc) is 2.49. The summed E-state index contributed by atoms with van der Waals surface area (Å²) < 4.78 is 5.94. The van der Waals surface area contributed by atoms with Crippen molar-refractivity contribution in [1.82, 2.24) is 5.32 Å². The molecule has 0 saturated carbocycles. The molecule has 2 nitrogen and oxygen atoms in total. The second-order valence-electron chi connectivity index (χ2n) is 6.06. The topological polar surface area (TPSA) is 21.3 Å². The Morgan fingerprint density at radius 3 is 2.43 bits per heavy atom. The van der Waals surface area contributed by atoms with Crippen LogP contribution in [0.15, 0.2) is 24.3 Å².